The zero-order valence-corrected chi connectivity index (χ0v) is 14.6. The topological polar surface area (TPSA) is 96.2 Å². The summed E-state index contributed by atoms with van der Waals surface area (Å²) in [4.78, 5) is 26.1. The van der Waals surface area contributed by atoms with Crippen LogP contribution in [0.5, 0.6) is 0 Å². The van der Waals surface area contributed by atoms with E-state index >= 15 is 0 Å². The first-order valence-electron chi connectivity index (χ1n) is 8.33. The summed E-state index contributed by atoms with van der Waals surface area (Å²) in [5.74, 6) is -0.600. The van der Waals surface area contributed by atoms with E-state index in [4.69, 9.17) is 0 Å². The quantitative estimate of drug-likeness (QED) is 0.519. The predicted octanol–water partition coefficient (Wildman–Crippen LogP) is 3.94. The van der Waals surface area contributed by atoms with E-state index < -0.39 is 10.5 Å². The second-order valence-corrected chi connectivity index (χ2v) is 6.88. The molecule has 2 aromatic carbocycles. The molecule has 0 aliphatic heterocycles. The van der Waals surface area contributed by atoms with Crippen molar-refractivity contribution in [3.8, 4) is 0 Å². The molecule has 0 bridgehead atoms. The maximum absolute atomic E-state index is 12.5. The standard InChI is InChI=1S/C20H20N2O4/c1-20(2,24)19(23)11-16(13-7-9-14(10-8-13)22(25)26)17-12-21-18-6-4-3-5-15(17)18/h3-10,12,16,21,24H,11H2,1-2H3. The molecule has 0 fully saturated rings. The molecule has 0 saturated carbocycles. The number of nitrogens with zero attached hydrogens (tertiary/aromatic N) is 1. The van der Waals surface area contributed by atoms with E-state index in [1.165, 1.54) is 26.0 Å². The molecule has 6 heteroatoms. The van der Waals surface area contributed by atoms with Crippen LogP contribution in [0.2, 0.25) is 0 Å². The van der Waals surface area contributed by atoms with Gasteiger partial charge in [-0.25, -0.2) is 0 Å². The number of aromatic nitrogens is 1. The van der Waals surface area contributed by atoms with Crippen molar-refractivity contribution in [2.45, 2.75) is 31.8 Å². The molecule has 1 heterocycles. The Labute approximate surface area is 150 Å². The van der Waals surface area contributed by atoms with Crippen LogP contribution in [-0.2, 0) is 4.79 Å². The van der Waals surface area contributed by atoms with Gasteiger partial charge in [0.05, 0.1) is 4.92 Å². The molecule has 0 spiro atoms. The number of carbonyl (C=O) groups excluding carboxylic acids is 1. The summed E-state index contributed by atoms with van der Waals surface area (Å²) in [6, 6.07) is 14.0. The van der Waals surface area contributed by atoms with E-state index in [0.29, 0.717) is 0 Å². The number of non-ortho nitro benzene ring substituents is 1. The third kappa shape index (κ3) is 3.50. The lowest BCUT2D eigenvalue weighted by Crippen LogP contribution is -2.32. The normalized spacial score (nSPS) is 12.9. The van der Waals surface area contributed by atoms with E-state index in [0.717, 1.165) is 22.0 Å². The Hall–Kier alpha value is -2.99. The molecule has 6 nitrogen and oxygen atoms in total. The summed E-state index contributed by atoms with van der Waals surface area (Å²) in [7, 11) is 0. The molecule has 2 N–H and O–H groups in total. The first-order chi connectivity index (χ1) is 12.3. The molecule has 0 saturated heterocycles. The summed E-state index contributed by atoms with van der Waals surface area (Å²) >= 11 is 0. The summed E-state index contributed by atoms with van der Waals surface area (Å²) in [6.07, 6.45) is 1.96. The van der Waals surface area contributed by atoms with Crippen molar-refractivity contribution >= 4 is 22.4 Å². The number of hydrogen-bond acceptors (Lipinski definition) is 4. The van der Waals surface area contributed by atoms with Crippen LogP contribution < -0.4 is 0 Å². The molecule has 0 amide bonds. The average Bonchev–Trinajstić information content (AvgIpc) is 3.02. The van der Waals surface area contributed by atoms with Crippen molar-refractivity contribution in [2.75, 3.05) is 0 Å². The lowest BCUT2D eigenvalue weighted by atomic mass is 9.84. The predicted molar refractivity (Wildman–Crippen MR) is 99.2 cm³/mol. The number of H-pyrrole nitrogens is 1. The van der Waals surface area contributed by atoms with Gasteiger partial charge in [0.1, 0.15) is 5.60 Å². The highest BCUT2D eigenvalue weighted by Gasteiger charge is 2.29. The number of Topliss-reactive ketones (excluding diaryl/α,β-unsaturated/α-hetero) is 1. The molecule has 1 atom stereocenters. The molecular formula is C20H20N2O4. The van der Waals surface area contributed by atoms with Gasteiger partial charge in [0.2, 0.25) is 0 Å². The fraction of sp³-hybridized carbons (Fsp3) is 0.250. The monoisotopic (exact) mass is 352 g/mol. The third-order valence-electron chi connectivity index (χ3n) is 4.57. The molecule has 26 heavy (non-hydrogen) atoms. The van der Waals surface area contributed by atoms with Crippen molar-refractivity contribution in [1.82, 2.24) is 4.98 Å². The minimum Gasteiger partial charge on any atom is -0.383 e. The highest BCUT2D eigenvalue weighted by atomic mass is 16.6. The van der Waals surface area contributed by atoms with Crippen molar-refractivity contribution < 1.29 is 14.8 Å². The molecule has 1 aromatic heterocycles. The zero-order valence-electron chi connectivity index (χ0n) is 14.6. The molecular weight excluding hydrogens is 332 g/mol. The maximum Gasteiger partial charge on any atom is 0.269 e. The Bertz CT molecular complexity index is 952. The smallest absolute Gasteiger partial charge is 0.269 e. The number of benzene rings is 2. The SMILES string of the molecule is CC(C)(O)C(=O)CC(c1ccc([N+](=O)[O-])cc1)c1c[nH]c2ccccc12. The van der Waals surface area contributed by atoms with Gasteiger partial charge < -0.3 is 10.1 Å². The number of nitro benzene ring substituents is 1. The summed E-state index contributed by atoms with van der Waals surface area (Å²) in [6.45, 7) is 2.94. The van der Waals surface area contributed by atoms with Crippen LogP contribution in [0.1, 0.15) is 37.3 Å². The summed E-state index contributed by atoms with van der Waals surface area (Å²) in [5.41, 5.74) is 1.22. The van der Waals surface area contributed by atoms with Crippen LogP contribution in [0.15, 0.2) is 54.7 Å². The van der Waals surface area contributed by atoms with Crippen LogP contribution >= 0.6 is 0 Å². The Balaban J connectivity index is 2.07. The average molecular weight is 352 g/mol. The largest absolute Gasteiger partial charge is 0.383 e. The number of ketones is 1. The fourth-order valence-electron chi connectivity index (χ4n) is 3.05. The van der Waals surface area contributed by atoms with Crippen LogP contribution in [0.25, 0.3) is 10.9 Å². The van der Waals surface area contributed by atoms with Gasteiger partial charge >= 0.3 is 0 Å². The van der Waals surface area contributed by atoms with Gasteiger partial charge in [-0.3, -0.25) is 14.9 Å². The maximum atomic E-state index is 12.5. The molecule has 0 aliphatic rings. The molecule has 3 aromatic rings. The van der Waals surface area contributed by atoms with Gasteiger partial charge in [0.25, 0.3) is 5.69 Å². The molecule has 3 rings (SSSR count). The molecule has 0 radical (unpaired) electrons. The van der Waals surface area contributed by atoms with E-state index in [1.54, 1.807) is 12.1 Å². The lowest BCUT2D eigenvalue weighted by molar-refractivity contribution is -0.384. The van der Waals surface area contributed by atoms with Crippen molar-refractivity contribution in [3.63, 3.8) is 0 Å². The van der Waals surface area contributed by atoms with Gasteiger partial charge in [-0.1, -0.05) is 30.3 Å². The van der Waals surface area contributed by atoms with Gasteiger partial charge in [-0.15, -0.1) is 0 Å². The second-order valence-electron chi connectivity index (χ2n) is 6.88. The van der Waals surface area contributed by atoms with Crippen molar-refractivity contribution in [2.24, 2.45) is 0 Å². The number of nitro groups is 1. The first kappa shape index (κ1) is 17.8. The number of para-hydroxylation sites is 1. The van der Waals surface area contributed by atoms with Crippen molar-refractivity contribution in [1.29, 1.82) is 0 Å². The molecule has 1 unspecified atom stereocenters. The minimum absolute atomic E-state index is 0.000223. The number of nitrogens with one attached hydrogen (secondary N) is 1. The Morgan fingerprint density at radius 2 is 1.85 bits per heavy atom. The minimum atomic E-state index is -1.44. The summed E-state index contributed by atoms with van der Waals surface area (Å²) < 4.78 is 0. The van der Waals surface area contributed by atoms with E-state index in [1.807, 2.05) is 30.5 Å². The number of fused-ring (bicyclic) bond motifs is 1. The van der Waals surface area contributed by atoms with Crippen LogP contribution in [0.3, 0.4) is 0 Å². The lowest BCUT2D eigenvalue weighted by Gasteiger charge is -2.21. The van der Waals surface area contributed by atoms with Gasteiger partial charge in [-0.2, -0.15) is 0 Å². The number of hydrogen-bond donors (Lipinski definition) is 2. The highest BCUT2D eigenvalue weighted by Crippen LogP contribution is 2.35. The fourth-order valence-corrected chi connectivity index (χ4v) is 3.05. The van der Waals surface area contributed by atoms with Gasteiger partial charge in [0.15, 0.2) is 5.78 Å². The van der Waals surface area contributed by atoms with Gasteiger partial charge in [0, 0.05) is 41.6 Å². The van der Waals surface area contributed by atoms with Crippen LogP contribution in [0.4, 0.5) is 5.69 Å². The number of aromatic amines is 1. The number of aliphatic hydroxyl groups is 1. The Kier molecular flexibility index (Phi) is 4.61. The Morgan fingerprint density at radius 1 is 1.19 bits per heavy atom. The number of rotatable bonds is 6. The molecule has 0 aliphatic carbocycles. The van der Waals surface area contributed by atoms with E-state index in [9.17, 15) is 20.0 Å². The zero-order chi connectivity index (χ0) is 18.9. The summed E-state index contributed by atoms with van der Waals surface area (Å²) in [5, 5.41) is 22.0. The first-order valence-corrected chi connectivity index (χ1v) is 8.33. The van der Waals surface area contributed by atoms with E-state index in [-0.39, 0.29) is 23.8 Å². The van der Waals surface area contributed by atoms with Gasteiger partial charge in [-0.05, 0) is 31.0 Å². The number of carbonyl (C=O) groups is 1. The second kappa shape index (κ2) is 6.72. The van der Waals surface area contributed by atoms with Crippen LogP contribution in [0, 0.1) is 10.1 Å². The highest BCUT2D eigenvalue weighted by molar-refractivity contribution is 5.89. The van der Waals surface area contributed by atoms with E-state index in [2.05, 4.69) is 4.98 Å². The molecule has 134 valence electrons. The Morgan fingerprint density at radius 3 is 2.46 bits per heavy atom. The van der Waals surface area contributed by atoms with Crippen molar-refractivity contribution in [3.05, 3.63) is 76.0 Å². The third-order valence-corrected chi connectivity index (χ3v) is 4.57. The van der Waals surface area contributed by atoms with Crippen LogP contribution in [-0.4, -0.2) is 26.4 Å².